The number of methoxy groups -OCH3 is 1. The van der Waals surface area contributed by atoms with Crippen LogP contribution in [0.25, 0.3) is 0 Å². The molecule has 1 aromatic rings. The Kier molecular flexibility index (Phi) is 9.09. The van der Waals surface area contributed by atoms with Crippen molar-refractivity contribution < 1.29 is 14.2 Å². The van der Waals surface area contributed by atoms with Crippen molar-refractivity contribution in [2.24, 2.45) is 4.99 Å². The fraction of sp³-hybridized carbons (Fsp3) is 0.588. The summed E-state index contributed by atoms with van der Waals surface area (Å²) in [5.74, 6) is 2.02. The van der Waals surface area contributed by atoms with Gasteiger partial charge < -0.3 is 24.8 Å². The second-order valence-electron chi connectivity index (χ2n) is 6.11. The Hall–Kier alpha value is -0.930. The van der Waals surface area contributed by atoms with Crippen LogP contribution in [0.5, 0.6) is 11.5 Å². The highest BCUT2D eigenvalue weighted by atomic mass is 127. The predicted molar refractivity (Wildman–Crippen MR) is 112 cm³/mol. The van der Waals surface area contributed by atoms with Crippen LogP contribution in [0.3, 0.4) is 0 Å². The van der Waals surface area contributed by atoms with Crippen LogP contribution < -0.4 is 20.1 Å². The Morgan fingerprint density at radius 1 is 1.28 bits per heavy atom. The average molecular weight is 484 g/mol. The summed E-state index contributed by atoms with van der Waals surface area (Å²) in [7, 11) is 1.70. The Morgan fingerprint density at radius 2 is 2.00 bits per heavy atom. The van der Waals surface area contributed by atoms with Crippen molar-refractivity contribution in [3.05, 3.63) is 22.7 Å². The van der Waals surface area contributed by atoms with Gasteiger partial charge in [0.2, 0.25) is 0 Å². The van der Waals surface area contributed by atoms with Gasteiger partial charge >= 0.3 is 0 Å². The lowest BCUT2D eigenvalue weighted by atomic mass is 10.1. The minimum absolute atomic E-state index is 0. The standard InChI is InChI=1S/C17H26ClN3O3.HI/c1-5-19-16(21-11-17(2,3)22-4)20-10-12-8-13(18)15-14(9-12)23-6-7-24-15;/h8-9H,5-7,10-11H2,1-4H3,(H2,19,20,21);1H. The molecule has 1 aromatic carbocycles. The van der Waals surface area contributed by atoms with E-state index < -0.39 is 0 Å². The zero-order chi connectivity index (χ0) is 17.6. The Morgan fingerprint density at radius 3 is 2.68 bits per heavy atom. The van der Waals surface area contributed by atoms with Gasteiger partial charge in [0.05, 0.1) is 17.2 Å². The largest absolute Gasteiger partial charge is 0.486 e. The van der Waals surface area contributed by atoms with E-state index in [0.717, 1.165) is 18.1 Å². The predicted octanol–water partition coefficient (Wildman–Crippen LogP) is 3.21. The van der Waals surface area contributed by atoms with E-state index in [0.29, 0.717) is 42.8 Å². The number of fused-ring (bicyclic) bond motifs is 1. The van der Waals surface area contributed by atoms with Crippen molar-refractivity contribution in [3.8, 4) is 11.5 Å². The molecule has 0 aromatic heterocycles. The molecule has 0 amide bonds. The van der Waals surface area contributed by atoms with Crippen LogP contribution in [-0.4, -0.2) is 45.0 Å². The molecule has 1 aliphatic rings. The molecule has 0 radical (unpaired) electrons. The molecular weight excluding hydrogens is 457 g/mol. The SMILES string of the molecule is CCNC(=NCc1cc(Cl)c2c(c1)OCCO2)NCC(C)(C)OC.I. The molecule has 2 N–H and O–H groups in total. The van der Waals surface area contributed by atoms with Gasteiger partial charge in [-0.2, -0.15) is 0 Å². The number of ether oxygens (including phenoxy) is 3. The van der Waals surface area contributed by atoms with E-state index in [-0.39, 0.29) is 29.6 Å². The maximum atomic E-state index is 6.26. The number of nitrogens with zero attached hydrogens (tertiary/aromatic N) is 1. The van der Waals surface area contributed by atoms with Crippen molar-refractivity contribution in [2.75, 3.05) is 33.4 Å². The maximum absolute atomic E-state index is 6.26. The van der Waals surface area contributed by atoms with E-state index in [1.807, 2.05) is 32.9 Å². The van der Waals surface area contributed by atoms with Gasteiger partial charge in [0, 0.05) is 20.2 Å². The molecule has 0 saturated heterocycles. The number of rotatable bonds is 6. The minimum Gasteiger partial charge on any atom is -0.486 e. The zero-order valence-electron chi connectivity index (χ0n) is 15.1. The number of benzene rings is 1. The lowest BCUT2D eigenvalue weighted by molar-refractivity contribution is 0.0268. The van der Waals surface area contributed by atoms with Gasteiger partial charge in [0.15, 0.2) is 17.5 Å². The summed E-state index contributed by atoms with van der Waals surface area (Å²) in [5, 5.41) is 7.06. The monoisotopic (exact) mass is 483 g/mol. The van der Waals surface area contributed by atoms with Gasteiger partial charge in [-0.1, -0.05) is 11.6 Å². The lowest BCUT2D eigenvalue weighted by Crippen LogP contribution is -2.45. The maximum Gasteiger partial charge on any atom is 0.191 e. The molecule has 0 aliphatic carbocycles. The van der Waals surface area contributed by atoms with Crippen molar-refractivity contribution in [2.45, 2.75) is 32.9 Å². The molecule has 1 aliphatic heterocycles. The molecule has 1 heterocycles. The number of hydrogen-bond donors (Lipinski definition) is 2. The number of nitrogens with one attached hydrogen (secondary N) is 2. The summed E-state index contributed by atoms with van der Waals surface area (Å²) in [6, 6.07) is 3.79. The lowest BCUT2D eigenvalue weighted by Gasteiger charge is -2.24. The third kappa shape index (κ3) is 6.71. The van der Waals surface area contributed by atoms with Gasteiger partial charge in [0.1, 0.15) is 13.2 Å². The van der Waals surface area contributed by atoms with Crippen LogP contribution in [0.2, 0.25) is 5.02 Å². The number of hydrogen-bond acceptors (Lipinski definition) is 4. The van der Waals surface area contributed by atoms with Crippen molar-refractivity contribution in [1.29, 1.82) is 0 Å². The van der Waals surface area contributed by atoms with Crippen LogP contribution >= 0.6 is 35.6 Å². The molecule has 0 spiro atoms. The minimum atomic E-state index is -0.267. The average Bonchev–Trinajstić information content (AvgIpc) is 2.57. The van der Waals surface area contributed by atoms with E-state index >= 15 is 0 Å². The van der Waals surface area contributed by atoms with Gasteiger partial charge in [-0.05, 0) is 38.5 Å². The second kappa shape index (κ2) is 10.3. The first-order chi connectivity index (χ1) is 11.4. The Bertz CT molecular complexity index is 597. The molecule has 0 bridgehead atoms. The molecule has 0 unspecified atom stereocenters. The Balaban J connectivity index is 0.00000312. The van der Waals surface area contributed by atoms with E-state index in [2.05, 4.69) is 15.6 Å². The van der Waals surface area contributed by atoms with Crippen LogP contribution in [0.1, 0.15) is 26.3 Å². The van der Waals surface area contributed by atoms with Gasteiger partial charge in [-0.15, -0.1) is 24.0 Å². The molecule has 25 heavy (non-hydrogen) atoms. The highest BCUT2D eigenvalue weighted by molar-refractivity contribution is 14.0. The highest BCUT2D eigenvalue weighted by Gasteiger charge is 2.18. The van der Waals surface area contributed by atoms with Crippen LogP contribution in [0.15, 0.2) is 17.1 Å². The van der Waals surface area contributed by atoms with Gasteiger partial charge in [-0.25, -0.2) is 4.99 Å². The van der Waals surface area contributed by atoms with Gasteiger partial charge in [-0.3, -0.25) is 0 Å². The fourth-order valence-electron chi connectivity index (χ4n) is 2.14. The normalized spacial score (nSPS) is 13.9. The van der Waals surface area contributed by atoms with E-state index in [1.54, 1.807) is 7.11 Å². The number of guanidine groups is 1. The molecule has 2 rings (SSSR count). The summed E-state index contributed by atoms with van der Waals surface area (Å²) < 4.78 is 16.5. The van der Waals surface area contributed by atoms with E-state index in [9.17, 15) is 0 Å². The topological polar surface area (TPSA) is 64.1 Å². The first kappa shape index (κ1) is 22.1. The molecule has 6 nitrogen and oxygen atoms in total. The summed E-state index contributed by atoms with van der Waals surface area (Å²) in [5.41, 5.74) is 0.698. The van der Waals surface area contributed by atoms with Crippen LogP contribution in [0.4, 0.5) is 0 Å². The molecule has 0 atom stereocenters. The quantitative estimate of drug-likeness (QED) is 0.370. The molecule has 0 saturated carbocycles. The Labute approximate surface area is 171 Å². The summed E-state index contributed by atoms with van der Waals surface area (Å²) in [6.45, 7) is 9.03. The van der Waals surface area contributed by atoms with Crippen molar-refractivity contribution in [1.82, 2.24) is 10.6 Å². The van der Waals surface area contributed by atoms with Crippen LogP contribution in [-0.2, 0) is 11.3 Å². The summed E-state index contributed by atoms with van der Waals surface area (Å²) in [4.78, 5) is 4.59. The first-order valence-electron chi connectivity index (χ1n) is 8.10. The zero-order valence-corrected chi connectivity index (χ0v) is 18.2. The number of aliphatic imine (C=N–C) groups is 1. The molecule has 142 valence electrons. The highest BCUT2D eigenvalue weighted by Crippen LogP contribution is 2.38. The van der Waals surface area contributed by atoms with Crippen molar-refractivity contribution in [3.63, 3.8) is 0 Å². The molecular formula is C17H27ClIN3O3. The van der Waals surface area contributed by atoms with Gasteiger partial charge in [0.25, 0.3) is 0 Å². The van der Waals surface area contributed by atoms with E-state index in [1.165, 1.54) is 0 Å². The summed E-state index contributed by atoms with van der Waals surface area (Å²) in [6.07, 6.45) is 0. The third-order valence-electron chi connectivity index (χ3n) is 3.65. The first-order valence-corrected chi connectivity index (χ1v) is 8.48. The van der Waals surface area contributed by atoms with E-state index in [4.69, 9.17) is 25.8 Å². The van der Waals surface area contributed by atoms with Crippen molar-refractivity contribution >= 4 is 41.5 Å². The molecule has 0 fully saturated rings. The molecule has 8 heteroatoms. The fourth-order valence-corrected chi connectivity index (χ4v) is 2.42. The number of halogens is 2. The smallest absolute Gasteiger partial charge is 0.191 e. The second-order valence-corrected chi connectivity index (χ2v) is 6.52. The van der Waals surface area contributed by atoms with Crippen LogP contribution in [0, 0.1) is 0 Å². The summed E-state index contributed by atoms with van der Waals surface area (Å²) >= 11 is 6.26. The third-order valence-corrected chi connectivity index (χ3v) is 3.94.